The van der Waals surface area contributed by atoms with Crippen molar-refractivity contribution in [2.24, 2.45) is 0 Å². The number of benzene rings is 1. The van der Waals surface area contributed by atoms with Crippen LogP contribution in [0, 0.1) is 0 Å². The van der Waals surface area contributed by atoms with Gasteiger partial charge in [0.15, 0.2) is 0 Å². The molecule has 1 heterocycles. The van der Waals surface area contributed by atoms with Crippen molar-refractivity contribution in [3.05, 3.63) is 24.3 Å². The summed E-state index contributed by atoms with van der Waals surface area (Å²) in [5.41, 5.74) is 0.724. The number of hydrogen-bond donors (Lipinski definition) is 2. The fraction of sp³-hybridized carbons (Fsp3) is 0.588. The van der Waals surface area contributed by atoms with Gasteiger partial charge in [0, 0.05) is 32.2 Å². The summed E-state index contributed by atoms with van der Waals surface area (Å²) in [6.45, 7) is 8.01. The summed E-state index contributed by atoms with van der Waals surface area (Å²) in [7, 11) is 0. The van der Waals surface area contributed by atoms with Gasteiger partial charge >= 0.3 is 0 Å². The molecule has 6 heteroatoms. The van der Waals surface area contributed by atoms with Crippen molar-refractivity contribution in [3.63, 3.8) is 0 Å². The quantitative estimate of drug-likeness (QED) is 0.830. The number of aliphatic hydroxyl groups is 1. The number of nitrogens with one attached hydrogen (secondary N) is 1. The molecule has 128 valence electrons. The maximum Gasteiger partial charge on any atom is 0.221 e. The molecule has 1 amide bonds. The fourth-order valence-corrected chi connectivity index (χ4v) is 2.81. The Kier molecular flexibility index (Phi) is 6.38. The third-order valence-corrected chi connectivity index (χ3v) is 3.58. The van der Waals surface area contributed by atoms with Crippen LogP contribution in [0.15, 0.2) is 24.3 Å². The molecule has 0 bridgehead atoms. The molecule has 23 heavy (non-hydrogen) atoms. The number of nitrogens with zero attached hydrogens (tertiary/aromatic N) is 1. The minimum atomic E-state index is -0.553. The van der Waals surface area contributed by atoms with Gasteiger partial charge in [-0.1, -0.05) is 0 Å². The molecule has 1 aliphatic heterocycles. The van der Waals surface area contributed by atoms with Crippen molar-refractivity contribution in [2.45, 2.75) is 39.1 Å². The predicted octanol–water partition coefficient (Wildman–Crippen LogP) is 1.49. The molecule has 2 rings (SSSR count). The lowest BCUT2D eigenvalue weighted by atomic mass is 10.2. The number of rotatable bonds is 6. The molecule has 0 aromatic heterocycles. The third kappa shape index (κ3) is 6.17. The van der Waals surface area contributed by atoms with E-state index in [1.807, 2.05) is 13.8 Å². The van der Waals surface area contributed by atoms with E-state index in [0.717, 1.165) is 18.8 Å². The van der Waals surface area contributed by atoms with Crippen molar-refractivity contribution >= 4 is 11.6 Å². The number of ether oxygens (including phenoxy) is 2. The minimum Gasteiger partial charge on any atom is -0.491 e. The topological polar surface area (TPSA) is 71.0 Å². The van der Waals surface area contributed by atoms with Crippen molar-refractivity contribution in [1.82, 2.24) is 4.90 Å². The van der Waals surface area contributed by atoms with E-state index in [4.69, 9.17) is 9.47 Å². The molecule has 1 aliphatic rings. The van der Waals surface area contributed by atoms with Crippen LogP contribution in [0.2, 0.25) is 0 Å². The molecule has 3 atom stereocenters. The highest BCUT2D eigenvalue weighted by atomic mass is 16.5. The molecule has 0 unspecified atom stereocenters. The van der Waals surface area contributed by atoms with Crippen LogP contribution in [0.25, 0.3) is 0 Å². The molecule has 1 fully saturated rings. The predicted molar refractivity (Wildman–Crippen MR) is 88.7 cm³/mol. The monoisotopic (exact) mass is 322 g/mol. The third-order valence-electron chi connectivity index (χ3n) is 3.58. The van der Waals surface area contributed by atoms with Gasteiger partial charge in [-0.05, 0) is 38.1 Å². The van der Waals surface area contributed by atoms with E-state index in [-0.39, 0.29) is 24.7 Å². The molecule has 1 aromatic carbocycles. The van der Waals surface area contributed by atoms with Gasteiger partial charge in [-0.25, -0.2) is 0 Å². The highest BCUT2D eigenvalue weighted by Gasteiger charge is 2.23. The standard InChI is InChI=1S/C17H26N2O4/c1-12-8-19(9-13(2)23-12)10-16(21)11-22-17-6-4-15(5-7-17)18-14(3)20/h4-7,12-13,16,21H,8-11H2,1-3H3,(H,18,20)/t12-,13+,16-/m0/s1. The van der Waals surface area contributed by atoms with E-state index in [9.17, 15) is 9.90 Å². The summed E-state index contributed by atoms with van der Waals surface area (Å²) in [4.78, 5) is 13.2. The van der Waals surface area contributed by atoms with Gasteiger partial charge in [0.1, 0.15) is 18.5 Å². The van der Waals surface area contributed by atoms with Gasteiger partial charge < -0.3 is 19.9 Å². The average molecular weight is 322 g/mol. The number of anilines is 1. The zero-order valence-electron chi connectivity index (χ0n) is 14.0. The van der Waals surface area contributed by atoms with Gasteiger partial charge in [0.2, 0.25) is 5.91 Å². The number of hydrogen-bond acceptors (Lipinski definition) is 5. The van der Waals surface area contributed by atoms with Crippen molar-refractivity contribution in [3.8, 4) is 5.75 Å². The molecule has 2 N–H and O–H groups in total. The zero-order valence-corrected chi connectivity index (χ0v) is 14.0. The normalized spacial score (nSPS) is 23.3. The molecule has 1 saturated heterocycles. The highest BCUT2D eigenvalue weighted by Crippen LogP contribution is 2.16. The first-order valence-electron chi connectivity index (χ1n) is 7.98. The Morgan fingerprint density at radius 1 is 1.35 bits per heavy atom. The second-order valence-electron chi connectivity index (χ2n) is 6.15. The molecular formula is C17H26N2O4. The SMILES string of the molecule is CC(=O)Nc1ccc(OC[C@@H](O)CN2C[C@@H](C)O[C@@H](C)C2)cc1. The maximum atomic E-state index is 11.0. The molecule has 0 aliphatic carbocycles. The van der Waals surface area contributed by atoms with E-state index in [1.54, 1.807) is 24.3 Å². The first-order chi connectivity index (χ1) is 10.9. The highest BCUT2D eigenvalue weighted by molar-refractivity contribution is 5.88. The van der Waals surface area contributed by atoms with Crippen LogP contribution in [0.4, 0.5) is 5.69 Å². The molecule has 0 radical (unpaired) electrons. The summed E-state index contributed by atoms with van der Waals surface area (Å²) in [5.74, 6) is 0.560. The summed E-state index contributed by atoms with van der Waals surface area (Å²) in [5, 5.41) is 12.8. The molecule has 0 saturated carbocycles. The minimum absolute atomic E-state index is 0.108. The second kappa shape index (κ2) is 8.29. The lowest BCUT2D eigenvalue weighted by molar-refractivity contribution is -0.114. The Labute approximate surface area is 137 Å². The van der Waals surface area contributed by atoms with Gasteiger partial charge in [-0.3, -0.25) is 9.69 Å². The van der Waals surface area contributed by atoms with E-state index in [2.05, 4.69) is 10.2 Å². The lowest BCUT2D eigenvalue weighted by Gasteiger charge is -2.36. The molecule has 0 spiro atoms. The van der Waals surface area contributed by atoms with E-state index in [0.29, 0.717) is 12.3 Å². The number of β-amino-alcohol motifs (C(OH)–C–C–N with tert-alkyl or cyclic N) is 1. The number of carbonyl (C=O) groups excluding carboxylic acids is 1. The van der Waals surface area contributed by atoms with E-state index < -0.39 is 6.10 Å². The van der Waals surface area contributed by atoms with Gasteiger partial charge in [0.25, 0.3) is 0 Å². The van der Waals surface area contributed by atoms with Crippen molar-refractivity contribution < 1.29 is 19.4 Å². The van der Waals surface area contributed by atoms with Crippen LogP contribution in [0.5, 0.6) is 5.75 Å². The molecular weight excluding hydrogens is 296 g/mol. The smallest absolute Gasteiger partial charge is 0.221 e. The maximum absolute atomic E-state index is 11.0. The fourth-order valence-electron chi connectivity index (χ4n) is 2.81. The van der Waals surface area contributed by atoms with Crippen LogP contribution in [0.3, 0.4) is 0 Å². The van der Waals surface area contributed by atoms with Crippen LogP contribution < -0.4 is 10.1 Å². The van der Waals surface area contributed by atoms with Gasteiger partial charge in [-0.15, -0.1) is 0 Å². The summed E-state index contributed by atoms with van der Waals surface area (Å²) in [6, 6.07) is 7.09. The molecule has 6 nitrogen and oxygen atoms in total. The van der Waals surface area contributed by atoms with Crippen molar-refractivity contribution in [1.29, 1.82) is 0 Å². The van der Waals surface area contributed by atoms with E-state index >= 15 is 0 Å². The Balaban J connectivity index is 1.75. The summed E-state index contributed by atoms with van der Waals surface area (Å²) < 4.78 is 11.3. The largest absolute Gasteiger partial charge is 0.491 e. The number of amides is 1. The summed E-state index contributed by atoms with van der Waals surface area (Å²) in [6.07, 6.45) is -0.177. The van der Waals surface area contributed by atoms with Gasteiger partial charge in [0.05, 0.1) is 12.2 Å². The number of aliphatic hydroxyl groups excluding tert-OH is 1. The Bertz CT molecular complexity index is 496. The first kappa shape index (κ1) is 17.7. The van der Waals surface area contributed by atoms with E-state index in [1.165, 1.54) is 6.92 Å². The number of carbonyl (C=O) groups is 1. The Hall–Kier alpha value is -1.63. The lowest BCUT2D eigenvalue weighted by Crippen LogP contribution is -2.48. The van der Waals surface area contributed by atoms with Crippen LogP contribution >= 0.6 is 0 Å². The van der Waals surface area contributed by atoms with Crippen molar-refractivity contribution in [2.75, 3.05) is 31.6 Å². The van der Waals surface area contributed by atoms with Crippen LogP contribution in [0.1, 0.15) is 20.8 Å². The molecule has 1 aromatic rings. The average Bonchev–Trinajstić information content (AvgIpc) is 2.45. The summed E-state index contributed by atoms with van der Waals surface area (Å²) >= 11 is 0. The first-order valence-corrected chi connectivity index (χ1v) is 7.98. The van der Waals surface area contributed by atoms with Crippen LogP contribution in [-0.4, -0.2) is 60.5 Å². The Morgan fingerprint density at radius 3 is 2.52 bits per heavy atom. The van der Waals surface area contributed by atoms with Gasteiger partial charge in [-0.2, -0.15) is 0 Å². The Morgan fingerprint density at radius 2 is 1.96 bits per heavy atom. The second-order valence-corrected chi connectivity index (χ2v) is 6.15. The van der Waals surface area contributed by atoms with Crippen LogP contribution in [-0.2, 0) is 9.53 Å². The number of morpholine rings is 1. The zero-order chi connectivity index (χ0) is 16.8.